The van der Waals surface area contributed by atoms with E-state index in [-0.39, 0.29) is 36.9 Å². The average molecular weight is 426 g/mol. The van der Waals surface area contributed by atoms with Crippen LogP contribution in [0.2, 0.25) is 0 Å². The lowest BCUT2D eigenvalue weighted by molar-refractivity contribution is -0.124. The quantitative estimate of drug-likeness (QED) is 0.532. The van der Waals surface area contributed by atoms with Crippen LogP contribution in [0.4, 0.5) is 0 Å². The molecule has 0 bridgehead atoms. The monoisotopic (exact) mass is 425 g/mol. The van der Waals surface area contributed by atoms with E-state index in [2.05, 4.69) is 16.0 Å². The van der Waals surface area contributed by atoms with Crippen molar-refractivity contribution in [2.45, 2.75) is 44.8 Å². The molecular formula is C21H32ClN3O4. The number of carbonyl (C=O) groups excluding carboxylic acids is 2. The van der Waals surface area contributed by atoms with E-state index >= 15 is 0 Å². The molecule has 3 N–H and O–H groups in total. The SMILES string of the molecule is Cl.O=C(CCC1CCNC1)NCc1ccccc1OCC(=O)NCC1CCCO1. The highest BCUT2D eigenvalue weighted by Gasteiger charge is 2.17. The van der Waals surface area contributed by atoms with Gasteiger partial charge in [-0.25, -0.2) is 0 Å². The van der Waals surface area contributed by atoms with Crippen molar-refractivity contribution in [3.63, 3.8) is 0 Å². The first kappa shape index (κ1) is 23.4. The van der Waals surface area contributed by atoms with E-state index in [1.54, 1.807) is 0 Å². The van der Waals surface area contributed by atoms with Crippen LogP contribution < -0.4 is 20.7 Å². The molecular weight excluding hydrogens is 394 g/mol. The molecule has 2 amide bonds. The van der Waals surface area contributed by atoms with Gasteiger partial charge in [0.25, 0.3) is 5.91 Å². The molecule has 2 atom stereocenters. The minimum atomic E-state index is -0.167. The number of benzene rings is 1. The Labute approximate surface area is 178 Å². The molecule has 8 heteroatoms. The lowest BCUT2D eigenvalue weighted by Crippen LogP contribution is -2.35. The fourth-order valence-electron chi connectivity index (χ4n) is 3.60. The Kier molecular flexibility index (Phi) is 10.2. The van der Waals surface area contributed by atoms with Crippen molar-refractivity contribution in [3.8, 4) is 5.75 Å². The fraction of sp³-hybridized carbons (Fsp3) is 0.619. The van der Waals surface area contributed by atoms with Gasteiger partial charge in [0, 0.05) is 31.7 Å². The molecule has 0 aliphatic carbocycles. The van der Waals surface area contributed by atoms with Gasteiger partial charge in [0.05, 0.1) is 6.10 Å². The van der Waals surface area contributed by atoms with E-state index in [0.29, 0.717) is 31.2 Å². The van der Waals surface area contributed by atoms with E-state index in [4.69, 9.17) is 9.47 Å². The van der Waals surface area contributed by atoms with Gasteiger partial charge < -0.3 is 25.4 Å². The molecule has 2 aliphatic rings. The number of ether oxygens (including phenoxy) is 2. The number of nitrogens with one attached hydrogen (secondary N) is 3. The second kappa shape index (κ2) is 12.7. The van der Waals surface area contributed by atoms with Gasteiger partial charge in [-0.15, -0.1) is 12.4 Å². The van der Waals surface area contributed by atoms with Crippen molar-refractivity contribution in [2.24, 2.45) is 5.92 Å². The summed E-state index contributed by atoms with van der Waals surface area (Å²) in [6, 6.07) is 7.48. The third-order valence-electron chi connectivity index (χ3n) is 5.30. The van der Waals surface area contributed by atoms with Crippen LogP contribution in [0.3, 0.4) is 0 Å². The summed E-state index contributed by atoms with van der Waals surface area (Å²) in [4.78, 5) is 24.1. The maximum atomic E-state index is 12.1. The predicted molar refractivity (Wildman–Crippen MR) is 113 cm³/mol. The molecule has 2 fully saturated rings. The Bertz CT molecular complexity index is 592. The van der Waals surface area contributed by atoms with E-state index in [9.17, 15) is 9.59 Å². The zero-order valence-corrected chi connectivity index (χ0v) is 17.6. The third kappa shape index (κ3) is 8.20. The van der Waals surface area contributed by atoms with Crippen LogP contribution in [0.15, 0.2) is 24.3 Å². The molecule has 2 saturated heterocycles. The fourth-order valence-corrected chi connectivity index (χ4v) is 3.60. The maximum absolute atomic E-state index is 12.1. The molecule has 29 heavy (non-hydrogen) atoms. The van der Waals surface area contributed by atoms with Gasteiger partial charge in [0.2, 0.25) is 5.91 Å². The average Bonchev–Trinajstić information content (AvgIpc) is 3.42. The van der Waals surface area contributed by atoms with Crippen molar-refractivity contribution < 1.29 is 19.1 Å². The summed E-state index contributed by atoms with van der Waals surface area (Å²) in [5, 5.41) is 9.12. The van der Waals surface area contributed by atoms with Crippen molar-refractivity contribution in [1.82, 2.24) is 16.0 Å². The van der Waals surface area contributed by atoms with Gasteiger partial charge >= 0.3 is 0 Å². The minimum Gasteiger partial charge on any atom is -0.483 e. The Balaban J connectivity index is 0.00000300. The Morgan fingerprint density at radius 3 is 2.79 bits per heavy atom. The highest BCUT2D eigenvalue weighted by atomic mass is 35.5. The van der Waals surface area contributed by atoms with Crippen molar-refractivity contribution in [3.05, 3.63) is 29.8 Å². The smallest absolute Gasteiger partial charge is 0.258 e. The van der Waals surface area contributed by atoms with Crippen molar-refractivity contribution in [2.75, 3.05) is 32.8 Å². The number of hydrogen-bond donors (Lipinski definition) is 3. The van der Waals surface area contributed by atoms with Gasteiger partial charge in [-0.1, -0.05) is 18.2 Å². The van der Waals surface area contributed by atoms with Crippen LogP contribution in [-0.2, 0) is 20.9 Å². The zero-order chi connectivity index (χ0) is 19.6. The summed E-state index contributed by atoms with van der Waals surface area (Å²) >= 11 is 0. The van der Waals surface area contributed by atoms with Crippen LogP contribution in [-0.4, -0.2) is 50.8 Å². The van der Waals surface area contributed by atoms with Crippen molar-refractivity contribution in [1.29, 1.82) is 0 Å². The van der Waals surface area contributed by atoms with Gasteiger partial charge in [-0.3, -0.25) is 9.59 Å². The molecule has 3 rings (SSSR count). The number of hydrogen-bond acceptors (Lipinski definition) is 5. The van der Waals surface area contributed by atoms with Gasteiger partial charge in [-0.05, 0) is 50.8 Å². The number of para-hydroxylation sites is 1. The highest BCUT2D eigenvalue weighted by Crippen LogP contribution is 2.18. The summed E-state index contributed by atoms with van der Waals surface area (Å²) in [5.41, 5.74) is 0.866. The van der Waals surface area contributed by atoms with Crippen LogP contribution in [0.5, 0.6) is 5.75 Å². The predicted octanol–water partition coefficient (Wildman–Crippen LogP) is 1.79. The van der Waals surface area contributed by atoms with Crippen LogP contribution in [0.1, 0.15) is 37.7 Å². The Morgan fingerprint density at radius 1 is 1.17 bits per heavy atom. The normalized spacial score (nSPS) is 20.7. The molecule has 7 nitrogen and oxygen atoms in total. The third-order valence-corrected chi connectivity index (χ3v) is 5.30. The molecule has 2 unspecified atom stereocenters. The Hall–Kier alpha value is -1.83. The van der Waals surface area contributed by atoms with Gasteiger partial charge in [0.15, 0.2) is 6.61 Å². The summed E-state index contributed by atoms with van der Waals surface area (Å²) in [5.74, 6) is 1.11. The summed E-state index contributed by atoms with van der Waals surface area (Å²) in [6.45, 7) is 3.71. The number of rotatable bonds is 10. The molecule has 0 aromatic heterocycles. The summed E-state index contributed by atoms with van der Waals surface area (Å²) in [7, 11) is 0. The first-order valence-corrected chi connectivity index (χ1v) is 10.3. The van der Waals surface area contributed by atoms with E-state index < -0.39 is 0 Å². The van der Waals surface area contributed by atoms with Gasteiger partial charge in [-0.2, -0.15) is 0 Å². The lowest BCUT2D eigenvalue weighted by Gasteiger charge is -2.14. The second-order valence-electron chi connectivity index (χ2n) is 7.51. The molecule has 1 aromatic rings. The van der Waals surface area contributed by atoms with E-state index in [0.717, 1.165) is 50.9 Å². The molecule has 2 heterocycles. The molecule has 162 valence electrons. The zero-order valence-electron chi connectivity index (χ0n) is 16.8. The standard InChI is InChI=1S/C21H31N3O4.ClH/c25-20(8-7-16-9-10-22-12-16)23-13-17-4-1-2-6-19(17)28-15-21(26)24-14-18-5-3-11-27-18;/h1-2,4,6,16,18,22H,3,5,7-15H2,(H,23,25)(H,24,26);1H. The molecule has 0 radical (unpaired) electrons. The molecule has 0 saturated carbocycles. The van der Waals surface area contributed by atoms with Crippen LogP contribution in [0.25, 0.3) is 0 Å². The minimum absolute atomic E-state index is 0. The summed E-state index contributed by atoms with van der Waals surface area (Å²) in [6.07, 6.45) is 4.77. The Morgan fingerprint density at radius 2 is 2.03 bits per heavy atom. The van der Waals surface area contributed by atoms with Crippen LogP contribution in [0, 0.1) is 5.92 Å². The van der Waals surface area contributed by atoms with Gasteiger partial charge in [0.1, 0.15) is 5.75 Å². The number of amides is 2. The van der Waals surface area contributed by atoms with E-state index in [1.165, 1.54) is 0 Å². The lowest BCUT2D eigenvalue weighted by atomic mass is 10.0. The van der Waals surface area contributed by atoms with Crippen LogP contribution >= 0.6 is 12.4 Å². The van der Waals surface area contributed by atoms with E-state index in [1.807, 2.05) is 24.3 Å². The number of carbonyl (C=O) groups is 2. The second-order valence-corrected chi connectivity index (χ2v) is 7.51. The first-order valence-electron chi connectivity index (χ1n) is 10.3. The highest BCUT2D eigenvalue weighted by molar-refractivity contribution is 5.85. The molecule has 2 aliphatic heterocycles. The maximum Gasteiger partial charge on any atom is 0.258 e. The number of halogens is 1. The molecule has 1 aromatic carbocycles. The first-order chi connectivity index (χ1) is 13.7. The topological polar surface area (TPSA) is 88.7 Å². The largest absolute Gasteiger partial charge is 0.483 e. The summed E-state index contributed by atoms with van der Waals surface area (Å²) < 4.78 is 11.2. The molecule has 0 spiro atoms. The van der Waals surface area contributed by atoms with Crippen molar-refractivity contribution >= 4 is 24.2 Å².